The second-order valence-corrected chi connectivity index (χ2v) is 6.66. The highest BCUT2D eigenvalue weighted by molar-refractivity contribution is 7.80. The Morgan fingerprint density at radius 2 is 1.88 bits per heavy atom. The van der Waals surface area contributed by atoms with Crippen LogP contribution in [-0.4, -0.2) is 36.2 Å². The maximum absolute atomic E-state index is 6.21. The van der Waals surface area contributed by atoms with Crippen LogP contribution in [0.2, 0.25) is 10.0 Å². The van der Waals surface area contributed by atoms with Gasteiger partial charge in [0, 0.05) is 28.7 Å². The number of rotatable bonds is 4. The number of benzene rings is 2. The van der Waals surface area contributed by atoms with Crippen molar-refractivity contribution in [2.24, 2.45) is 0 Å². The van der Waals surface area contributed by atoms with Gasteiger partial charge in [-0.2, -0.15) is 0 Å². The van der Waals surface area contributed by atoms with Gasteiger partial charge in [-0.3, -0.25) is 0 Å². The number of thiocarbonyl (C=S) groups is 1. The fraction of sp³-hybridized carbons (Fsp3) is 0.278. The first kappa shape index (κ1) is 17.5. The Labute approximate surface area is 157 Å². The van der Waals surface area contributed by atoms with Crippen LogP contribution in [0, 0.1) is 0 Å². The van der Waals surface area contributed by atoms with E-state index in [0.717, 1.165) is 35.0 Å². The smallest absolute Gasteiger partial charge is 0.130 e. The number of morpholine rings is 1. The first-order valence-corrected chi connectivity index (χ1v) is 8.84. The quantitative estimate of drug-likeness (QED) is 0.722. The molecule has 0 unspecified atom stereocenters. The number of hydrogen-bond donors (Lipinski definition) is 0. The maximum atomic E-state index is 6.21. The van der Waals surface area contributed by atoms with E-state index in [4.69, 9.17) is 44.9 Å². The minimum absolute atomic E-state index is 0.360. The van der Waals surface area contributed by atoms with E-state index in [1.807, 2.05) is 30.3 Å². The Morgan fingerprint density at radius 3 is 2.62 bits per heavy atom. The van der Waals surface area contributed by atoms with Crippen molar-refractivity contribution in [2.45, 2.75) is 6.61 Å². The summed E-state index contributed by atoms with van der Waals surface area (Å²) in [7, 11) is 0. The highest BCUT2D eigenvalue weighted by Crippen LogP contribution is 2.25. The number of ether oxygens (including phenoxy) is 2. The first-order chi connectivity index (χ1) is 11.6. The van der Waals surface area contributed by atoms with Crippen molar-refractivity contribution >= 4 is 40.4 Å². The first-order valence-electron chi connectivity index (χ1n) is 7.68. The SMILES string of the molecule is S=C(c1ccccc1OCc1ccc(Cl)cc1Cl)N1CCOCC1. The fourth-order valence-corrected chi connectivity index (χ4v) is 3.31. The van der Waals surface area contributed by atoms with Crippen molar-refractivity contribution in [3.05, 3.63) is 63.6 Å². The van der Waals surface area contributed by atoms with Crippen LogP contribution < -0.4 is 4.74 Å². The highest BCUT2D eigenvalue weighted by atomic mass is 35.5. The lowest BCUT2D eigenvalue weighted by atomic mass is 10.1. The Balaban J connectivity index is 1.75. The lowest BCUT2D eigenvalue weighted by Gasteiger charge is -2.29. The molecule has 0 bridgehead atoms. The van der Waals surface area contributed by atoms with Crippen LogP contribution >= 0.6 is 35.4 Å². The molecule has 1 saturated heterocycles. The van der Waals surface area contributed by atoms with Gasteiger partial charge in [0.1, 0.15) is 17.3 Å². The molecular weight excluding hydrogens is 365 g/mol. The predicted octanol–water partition coefficient (Wildman–Crippen LogP) is 4.58. The van der Waals surface area contributed by atoms with Gasteiger partial charge in [-0.1, -0.05) is 53.6 Å². The summed E-state index contributed by atoms with van der Waals surface area (Å²) in [5.41, 5.74) is 1.80. The molecule has 0 aliphatic carbocycles. The van der Waals surface area contributed by atoms with Gasteiger partial charge in [0.05, 0.1) is 18.8 Å². The van der Waals surface area contributed by atoms with Crippen LogP contribution in [0.3, 0.4) is 0 Å². The average Bonchev–Trinajstić information content (AvgIpc) is 2.61. The Hall–Kier alpha value is -1.33. The zero-order chi connectivity index (χ0) is 16.9. The molecule has 0 atom stereocenters. The van der Waals surface area contributed by atoms with E-state index < -0.39 is 0 Å². The summed E-state index contributed by atoms with van der Waals surface area (Å²) < 4.78 is 11.4. The second-order valence-electron chi connectivity index (χ2n) is 5.43. The van der Waals surface area contributed by atoms with Crippen LogP contribution in [0.5, 0.6) is 5.75 Å². The van der Waals surface area contributed by atoms with Crippen LogP contribution in [-0.2, 0) is 11.3 Å². The summed E-state index contributed by atoms with van der Waals surface area (Å²) in [6, 6.07) is 13.2. The molecule has 0 N–H and O–H groups in total. The molecule has 0 radical (unpaired) electrons. The summed E-state index contributed by atoms with van der Waals surface area (Å²) in [4.78, 5) is 2.94. The average molecular weight is 382 g/mol. The molecule has 3 nitrogen and oxygen atoms in total. The van der Waals surface area contributed by atoms with Crippen LogP contribution in [0.1, 0.15) is 11.1 Å². The standard InChI is InChI=1S/C18H17Cl2NO2S/c19-14-6-5-13(16(20)11-14)12-23-17-4-2-1-3-15(17)18(24)21-7-9-22-10-8-21/h1-6,11H,7-10,12H2. The van der Waals surface area contributed by atoms with Crippen molar-refractivity contribution in [1.82, 2.24) is 4.90 Å². The van der Waals surface area contributed by atoms with Gasteiger partial charge in [-0.15, -0.1) is 0 Å². The zero-order valence-electron chi connectivity index (χ0n) is 13.0. The fourth-order valence-electron chi connectivity index (χ4n) is 2.50. The summed E-state index contributed by atoms with van der Waals surface area (Å²) in [5.74, 6) is 0.750. The molecule has 1 fully saturated rings. The Morgan fingerprint density at radius 1 is 1.12 bits per heavy atom. The number of halogens is 2. The number of para-hydroxylation sites is 1. The van der Waals surface area contributed by atoms with E-state index >= 15 is 0 Å². The van der Waals surface area contributed by atoms with Crippen molar-refractivity contribution in [1.29, 1.82) is 0 Å². The minimum atomic E-state index is 0.360. The molecule has 24 heavy (non-hydrogen) atoms. The third-order valence-corrected chi connectivity index (χ3v) is 4.88. The monoisotopic (exact) mass is 381 g/mol. The van der Waals surface area contributed by atoms with E-state index in [9.17, 15) is 0 Å². The van der Waals surface area contributed by atoms with Crippen LogP contribution in [0.4, 0.5) is 0 Å². The third kappa shape index (κ3) is 4.19. The molecule has 3 rings (SSSR count). The van der Waals surface area contributed by atoms with Gasteiger partial charge in [0.25, 0.3) is 0 Å². The third-order valence-electron chi connectivity index (χ3n) is 3.81. The predicted molar refractivity (Wildman–Crippen MR) is 101 cm³/mol. The van der Waals surface area contributed by atoms with Gasteiger partial charge in [-0.05, 0) is 24.3 Å². The summed E-state index contributed by atoms with van der Waals surface area (Å²) >= 11 is 17.8. The van der Waals surface area contributed by atoms with Crippen molar-refractivity contribution < 1.29 is 9.47 Å². The van der Waals surface area contributed by atoms with E-state index in [-0.39, 0.29) is 0 Å². The molecule has 0 amide bonds. The summed E-state index contributed by atoms with van der Waals surface area (Å²) in [6.45, 7) is 3.36. The topological polar surface area (TPSA) is 21.7 Å². The van der Waals surface area contributed by atoms with Crippen molar-refractivity contribution in [3.63, 3.8) is 0 Å². The molecule has 2 aromatic carbocycles. The highest BCUT2D eigenvalue weighted by Gasteiger charge is 2.18. The molecule has 126 valence electrons. The van der Waals surface area contributed by atoms with E-state index in [0.29, 0.717) is 29.9 Å². The van der Waals surface area contributed by atoms with E-state index in [1.54, 1.807) is 12.1 Å². The minimum Gasteiger partial charge on any atom is -0.488 e. The van der Waals surface area contributed by atoms with Gasteiger partial charge < -0.3 is 14.4 Å². The molecule has 6 heteroatoms. The Bertz CT molecular complexity index is 733. The second kappa shape index (κ2) is 8.17. The van der Waals surface area contributed by atoms with Crippen LogP contribution in [0.25, 0.3) is 0 Å². The molecule has 1 aliphatic heterocycles. The lowest BCUT2D eigenvalue weighted by Crippen LogP contribution is -2.40. The number of nitrogens with zero attached hydrogens (tertiary/aromatic N) is 1. The Kier molecular flexibility index (Phi) is 5.95. The zero-order valence-corrected chi connectivity index (χ0v) is 15.3. The molecular formula is C18H17Cl2NO2S. The molecule has 1 heterocycles. The molecule has 1 aliphatic rings. The molecule has 0 aromatic heterocycles. The van der Waals surface area contributed by atoms with Gasteiger partial charge in [-0.25, -0.2) is 0 Å². The van der Waals surface area contributed by atoms with Crippen molar-refractivity contribution in [3.8, 4) is 5.75 Å². The summed E-state index contributed by atoms with van der Waals surface area (Å²) in [5, 5.41) is 1.20. The van der Waals surface area contributed by atoms with Crippen LogP contribution in [0.15, 0.2) is 42.5 Å². The van der Waals surface area contributed by atoms with Crippen molar-refractivity contribution in [2.75, 3.05) is 26.3 Å². The molecule has 2 aromatic rings. The number of hydrogen-bond acceptors (Lipinski definition) is 3. The van der Waals surface area contributed by atoms with Gasteiger partial charge in [0.15, 0.2) is 0 Å². The maximum Gasteiger partial charge on any atom is 0.130 e. The van der Waals surface area contributed by atoms with Gasteiger partial charge in [0.2, 0.25) is 0 Å². The normalized spacial score (nSPS) is 14.5. The van der Waals surface area contributed by atoms with E-state index in [2.05, 4.69) is 4.90 Å². The summed E-state index contributed by atoms with van der Waals surface area (Å²) in [6.07, 6.45) is 0. The molecule has 0 saturated carbocycles. The largest absolute Gasteiger partial charge is 0.488 e. The lowest BCUT2D eigenvalue weighted by molar-refractivity contribution is 0.0692. The van der Waals surface area contributed by atoms with Gasteiger partial charge >= 0.3 is 0 Å². The molecule has 0 spiro atoms. The van der Waals surface area contributed by atoms with E-state index in [1.165, 1.54) is 0 Å².